The van der Waals surface area contributed by atoms with E-state index in [-0.39, 0.29) is 81.5 Å². The largest absolute Gasteiger partial charge is 0.399 e. The number of hydrogen-bond donors (Lipinski definition) is 4. The third-order valence-corrected chi connectivity index (χ3v) is 7.07. The fraction of sp³-hybridized carbons (Fsp3) is 0.0417. The van der Waals surface area contributed by atoms with E-state index in [9.17, 15) is 30.7 Å². The van der Waals surface area contributed by atoms with Crippen molar-refractivity contribution < 1.29 is 30.7 Å². The van der Waals surface area contributed by atoms with Crippen LogP contribution in [0.3, 0.4) is 0 Å². The summed E-state index contributed by atoms with van der Waals surface area (Å²) in [7, 11) is -9.54. The second-order valence-electron chi connectivity index (χ2n) is 8.05. The van der Waals surface area contributed by atoms with Gasteiger partial charge in [0.2, 0.25) is 0 Å². The van der Waals surface area contributed by atoms with Crippen LogP contribution in [0.2, 0.25) is 0 Å². The molecule has 0 aliphatic heterocycles. The number of carbonyl (C=O) groups excluding carboxylic acids is 1. The summed E-state index contributed by atoms with van der Waals surface area (Å²) >= 11 is 0. The van der Waals surface area contributed by atoms with E-state index in [4.69, 9.17) is 5.73 Å². The molecule has 2 radical (unpaired) electrons. The standard InChI is InChI=1S/C24H20N4O7S2.2Na/c1-14-10-18(26-24(29)15-2-5-17(25)6-3-15)8-9-22(14)28-27-19-7-4-16-11-20(36(30,31)32)13-23(21(16)12-19)37(33,34)35;;/h2-13H,25H2,1H3,(H,26,29)(H,30,31,32)(H,33,34,35);;. The molecule has 4 rings (SSSR count). The first-order chi connectivity index (χ1) is 17.3. The number of nitrogens with one attached hydrogen (secondary N) is 1. The molecule has 5 N–H and O–H groups in total. The summed E-state index contributed by atoms with van der Waals surface area (Å²) in [6, 6.07) is 17.4. The van der Waals surface area contributed by atoms with Gasteiger partial charge in [-0.15, -0.1) is 0 Å². The summed E-state index contributed by atoms with van der Waals surface area (Å²) in [6.07, 6.45) is 0. The monoisotopic (exact) mass is 586 g/mol. The average Bonchev–Trinajstić information content (AvgIpc) is 2.82. The molecule has 0 fully saturated rings. The van der Waals surface area contributed by atoms with Gasteiger partial charge in [0.15, 0.2) is 0 Å². The van der Waals surface area contributed by atoms with Crippen LogP contribution in [0, 0.1) is 6.92 Å². The van der Waals surface area contributed by atoms with Gasteiger partial charge in [0.25, 0.3) is 26.1 Å². The molecule has 0 atom stereocenters. The van der Waals surface area contributed by atoms with Gasteiger partial charge in [-0.2, -0.15) is 27.1 Å². The van der Waals surface area contributed by atoms with E-state index in [2.05, 4.69) is 15.5 Å². The number of nitrogen functional groups attached to an aromatic ring is 1. The Bertz CT molecular complexity index is 1800. The Labute approximate surface area is 269 Å². The Morgan fingerprint density at radius 2 is 1.49 bits per heavy atom. The van der Waals surface area contributed by atoms with Crippen LogP contribution >= 0.6 is 0 Å². The molecule has 1 amide bonds. The summed E-state index contributed by atoms with van der Waals surface area (Å²) in [4.78, 5) is 11.0. The smallest absolute Gasteiger partial charge is 0.295 e. The molecule has 4 aromatic rings. The van der Waals surface area contributed by atoms with Crippen molar-refractivity contribution in [1.29, 1.82) is 0 Å². The molecule has 0 saturated heterocycles. The van der Waals surface area contributed by atoms with Gasteiger partial charge in [-0.3, -0.25) is 13.9 Å². The van der Waals surface area contributed by atoms with Gasteiger partial charge in [-0.1, -0.05) is 6.07 Å². The van der Waals surface area contributed by atoms with Crippen molar-refractivity contribution in [3.8, 4) is 0 Å². The number of hydrogen-bond acceptors (Lipinski definition) is 8. The van der Waals surface area contributed by atoms with Gasteiger partial charge in [-0.25, -0.2) is 0 Å². The van der Waals surface area contributed by atoms with E-state index in [1.807, 2.05) is 0 Å². The van der Waals surface area contributed by atoms with E-state index >= 15 is 0 Å². The van der Waals surface area contributed by atoms with Crippen molar-refractivity contribution in [3.63, 3.8) is 0 Å². The van der Waals surface area contributed by atoms with Crippen molar-refractivity contribution in [2.75, 3.05) is 11.1 Å². The molecule has 39 heavy (non-hydrogen) atoms. The van der Waals surface area contributed by atoms with Crippen molar-refractivity contribution in [2.24, 2.45) is 10.2 Å². The predicted molar refractivity (Wildman–Crippen MR) is 149 cm³/mol. The van der Waals surface area contributed by atoms with E-state index in [1.54, 1.807) is 49.4 Å². The van der Waals surface area contributed by atoms with Crippen LogP contribution in [0.5, 0.6) is 0 Å². The van der Waals surface area contributed by atoms with Crippen LogP contribution in [-0.4, -0.2) is 91.0 Å². The van der Waals surface area contributed by atoms with Gasteiger partial charge in [0, 0.05) is 81.4 Å². The molecule has 11 nitrogen and oxygen atoms in total. The molecule has 0 heterocycles. The van der Waals surface area contributed by atoms with Crippen molar-refractivity contribution in [1.82, 2.24) is 0 Å². The number of azo groups is 1. The molecule has 0 aromatic heterocycles. The first-order valence-corrected chi connectivity index (χ1v) is 13.4. The predicted octanol–water partition coefficient (Wildman–Crippen LogP) is 4.13. The zero-order chi connectivity index (χ0) is 27.0. The van der Waals surface area contributed by atoms with E-state index in [0.29, 0.717) is 34.3 Å². The van der Waals surface area contributed by atoms with Crippen LogP contribution in [-0.2, 0) is 20.2 Å². The molecule has 192 valence electrons. The Balaban J connectivity index is 0.00000267. The number of benzene rings is 4. The van der Waals surface area contributed by atoms with Crippen molar-refractivity contribution in [3.05, 3.63) is 83.9 Å². The van der Waals surface area contributed by atoms with Gasteiger partial charge in [-0.05, 0) is 84.6 Å². The van der Waals surface area contributed by atoms with Crippen molar-refractivity contribution in [2.45, 2.75) is 16.7 Å². The van der Waals surface area contributed by atoms with E-state index in [1.165, 1.54) is 18.2 Å². The molecule has 0 spiro atoms. The Hall–Kier alpha value is -2.17. The number of amides is 1. The van der Waals surface area contributed by atoms with E-state index < -0.39 is 30.0 Å². The molecule has 0 unspecified atom stereocenters. The molecule has 0 saturated carbocycles. The topological polar surface area (TPSA) is 189 Å². The number of carbonyl (C=O) groups is 1. The molecule has 4 aromatic carbocycles. The van der Waals surface area contributed by atoms with Gasteiger partial charge < -0.3 is 11.1 Å². The SMILES string of the molecule is Cc1cc(NC(=O)c2ccc(N)cc2)ccc1N=Nc1ccc2cc(S(=O)(=O)O)cc(S(=O)(=O)O)c2c1.[Na].[Na]. The second kappa shape index (κ2) is 13.0. The van der Waals surface area contributed by atoms with Crippen LogP contribution < -0.4 is 11.1 Å². The third-order valence-electron chi connectivity index (χ3n) is 5.35. The maximum atomic E-state index is 12.4. The summed E-state index contributed by atoms with van der Waals surface area (Å²) in [5.74, 6) is -0.309. The summed E-state index contributed by atoms with van der Waals surface area (Å²) < 4.78 is 65.6. The zero-order valence-electron chi connectivity index (χ0n) is 21.2. The van der Waals surface area contributed by atoms with Crippen molar-refractivity contribution >= 4 is 119 Å². The zero-order valence-corrected chi connectivity index (χ0v) is 26.8. The number of nitrogens with zero attached hydrogens (tertiary/aromatic N) is 2. The van der Waals surface area contributed by atoms with Crippen LogP contribution in [0.4, 0.5) is 22.7 Å². The van der Waals surface area contributed by atoms with Crippen LogP contribution in [0.25, 0.3) is 10.8 Å². The molecule has 0 bridgehead atoms. The van der Waals surface area contributed by atoms with Gasteiger partial charge in [0.1, 0.15) is 4.90 Å². The third kappa shape index (κ3) is 8.17. The number of anilines is 2. The number of aryl methyl sites for hydroxylation is 1. The quantitative estimate of drug-likeness (QED) is 0.112. The molecule has 0 aliphatic carbocycles. The Kier molecular flexibility index (Phi) is 11.0. The van der Waals surface area contributed by atoms with Crippen LogP contribution in [0.1, 0.15) is 15.9 Å². The average molecular weight is 587 g/mol. The molecule has 0 aliphatic rings. The van der Waals surface area contributed by atoms with Crippen LogP contribution in [0.15, 0.2) is 92.8 Å². The minimum Gasteiger partial charge on any atom is -0.399 e. The maximum Gasteiger partial charge on any atom is 0.295 e. The maximum absolute atomic E-state index is 12.4. The summed E-state index contributed by atoms with van der Waals surface area (Å²) in [5, 5.41) is 11.2. The summed E-state index contributed by atoms with van der Waals surface area (Å²) in [6.45, 7) is 1.76. The first kappa shape index (κ1) is 33.0. The fourth-order valence-electron chi connectivity index (χ4n) is 3.50. The molecule has 15 heteroatoms. The molecular formula is C24H20N4Na2O7S2. The van der Waals surface area contributed by atoms with E-state index in [0.717, 1.165) is 6.07 Å². The Morgan fingerprint density at radius 3 is 2.08 bits per heavy atom. The summed E-state index contributed by atoms with van der Waals surface area (Å²) in [5.41, 5.74) is 8.56. The molecular weight excluding hydrogens is 566 g/mol. The number of rotatable bonds is 6. The van der Waals surface area contributed by atoms with Gasteiger partial charge >= 0.3 is 0 Å². The Morgan fingerprint density at radius 1 is 0.821 bits per heavy atom. The normalized spacial score (nSPS) is 11.6. The number of nitrogens with two attached hydrogens (primary N) is 1. The minimum atomic E-state index is -4.83. The number of fused-ring (bicyclic) bond motifs is 1. The first-order valence-electron chi connectivity index (χ1n) is 10.5. The van der Waals surface area contributed by atoms with Gasteiger partial charge in [0.05, 0.1) is 16.3 Å². The second-order valence-corrected chi connectivity index (χ2v) is 10.9. The minimum absolute atomic E-state index is 0. The fourth-order valence-corrected chi connectivity index (χ4v) is 4.85.